The summed E-state index contributed by atoms with van der Waals surface area (Å²) in [6.07, 6.45) is 0. The van der Waals surface area contributed by atoms with Gasteiger partial charge in [-0.15, -0.1) is 0 Å². The Hall–Kier alpha value is -1.43. The third kappa shape index (κ3) is 5.53. The summed E-state index contributed by atoms with van der Waals surface area (Å²) in [4.78, 5) is 0.233. The molecule has 25 heavy (non-hydrogen) atoms. The van der Waals surface area contributed by atoms with Crippen molar-refractivity contribution in [3.05, 3.63) is 58.7 Å². The molecular weight excluding hydrogens is 365 g/mol. The molecular formula is C17H18N3NaO2S2. The van der Waals surface area contributed by atoms with Gasteiger partial charge >= 0.3 is 29.6 Å². The first-order valence-electron chi connectivity index (χ1n) is 7.15. The number of nitrogens with one attached hydrogen (secondary N) is 2. The summed E-state index contributed by atoms with van der Waals surface area (Å²) in [5.74, 6) is 0. The minimum Gasteiger partial charge on any atom is -1.00 e. The van der Waals surface area contributed by atoms with Crippen LogP contribution in [0.1, 0.15) is 23.7 Å². The summed E-state index contributed by atoms with van der Waals surface area (Å²) in [5, 5.41) is 11.5. The Morgan fingerprint density at radius 2 is 1.64 bits per heavy atom. The average molecular weight is 383 g/mol. The molecule has 0 aliphatic carbocycles. The van der Waals surface area contributed by atoms with E-state index in [2.05, 4.69) is 10.0 Å². The second-order valence-electron chi connectivity index (χ2n) is 5.48. The predicted octanol–water partition coefficient (Wildman–Crippen LogP) is 0.275. The van der Waals surface area contributed by atoms with E-state index in [4.69, 9.17) is 17.5 Å². The van der Waals surface area contributed by atoms with Crippen LogP contribution in [0.3, 0.4) is 0 Å². The van der Waals surface area contributed by atoms with Gasteiger partial charge in [0.05, 0.1) is 16.5 Å². The maximum absolute atomic E-state index is 12.6. The van der Waals surface area contributed by atoms with Gasteiger partial charge in [0, 0.05) is 5.69 Å². The molecule has 0 heterocycles. The number of hydrogen-bond donors (Lipinski definition) is 2. The second-order valence-corrected chi connectivity index (χ2v) is 7.50. The molecule has 5 nitrogen and oxygen atoms in total. The summed E-state index contributed by atoms with van der Waals surface area (Å²) < 4.78 is 27.6. The minimum atomic E-state index is -3.78. The molecule has 0 bridgehead atoms. The fourth-order valence-electron chi connectivity index (χ4n) is 2.55. The Kier molecular flexibility index (Phi) is 7.60. The van der Waals surface area contributed by atoms with Gasteiger partial charge in [-0.2, -0.15) is 5.26 Å². The van der Waals surface area contributed by atoms with Gasteiger partial charge in [-0.3, -0.25) is 4.72 Å². The van der Waals surface area contributed by atoms with Gasteiger partial charge in [-0.25, -0.2) is 8.42 Å². The fourth-order valence-corrected chi connectivity index (χ4v) is 4.36. The molecule has 0 aliphatic rings. The van der Waals surface area contributed by atoms with Gasteiger partial charge in [-0.05, 0) is 68.4 Å². The summed E-state index contributed by atoms with van der Waals surface area (Å²) in [5.41, 5.74) is 3.45. The van der Waals surface area contributed by atoms with Crippen LogP contribution in [0.5, 0.6) is 0 Å². The zero-order valence-corrected chi connectivity index (χ0v) is 18.2. The van der Waals surface area contributed by atoms with Crippen LogP contribution in [0.25, 0.3) is 0 Å². The first kappa shape index (κ1) is 21.6. The Labute approximate surface area is 177 Å². The number of nitriles is 1. The Balaban J connectivity index is 0.00000312. The Bertz CT molecular complexity index is 916. The third-order valence-electron chi connectivity index (χ3n) is 3.37. The van der Waals surface area contributed by atoms with E-state index < -0.39 is 10.0 Å². The van der Waals surface area contributed by atoms with E-state index in [-0.39, 0.29) is 41.0 Å². The maximum Gasteiger partial charge on any atom is 1.00 e. The third-order valence-corrected chi connectivity index (χ3v) is 5.36. The molecule has 0 amide bonds. The zero-order valence-electron chi connectivity index (χ0n) is 15.5. The number of nitrogens with zero attached hydrogens (tertiary/aromatic N) is 1. The number of hydrogen-bond acceptors (Lipinski definition) is 4. The van der Waals surface area contributed by atoms with Crippen molar-refractivity contribution in [1.29, 1.82) is 5.26 Å². The van der Waals surface area contributed by atoms with Gasteiger partial charge in [0.25, 0.3) is 10.0 Å². The molecule has 0 unspecified atom stereocenters. The topological polar surface area (TPSA) is 82.0 Å². The van der Waals surface area contributed by atoms with Crippen LogP contribution in [0.4, 0.5) is 5.69 Å². The number of thiocarbonyl (C=S) groups is 1. The van der Waals surface area contributed by atoms with Crippen LogP contribution in [-0.4, -0.2) is 13.5 Å². The van der Waals surface area contributed by atoms with Crippen molar-refractivity contribution in [1.82, 2.24) is 4.72 Å². The number of sulfonamides is 1. The van der Waals surface area contributed by atoms with Gasteiger partial charge < -0.3 is 6.74 Å². The van der Waals surface area contributed by atoms with Crippen molar-refractivity contribution >= 4 is 33.0 Å². The first-order chi connectivity index (χ1) is 11.2. The summed E-state index contributed by atoms with van der Waals surface area (Å²) in [6.45, 7) is 5.43. The Morgan fingerprint density at radius 1 is 1.12 bits per heavy atom. The number of aryl methyl sites for hydroxylation is 3. The van der Waals surface area contributed by atoms with E-state index in [0.717, 1.165) is 5.56 Å². The van der Waals surface area contributed by atoms with Crippen LogP contribution in [0.2, 0.25) is 0 Å². The van der Waals surface area contributed by atoms with E-state index in [1.165, 1.54) is 0 Å². The SMILES string of the molecule is Cc1cc(C)c(S(=O)(=O)NC(=S)Nc2ccc(C#N)cc2)c(C)c1.[H-].[Na+]. The zero-order chi connectivity index (χ0) is 17.9. The molecule has 2 aromatic carbocycles. The summed E-state index contributed by atoms with van der Waals surface area (Å²) in [7, 11) is -3.78. The summed E-state index contributed by atoms with van der Waals surface area (Å²) in [6, 6.07) is 12.2. The molecule has 0 saturated heterocycles. The Morgan fingerprint density at radius 3 is 2.12 bits per heavy atom. The largest absolute Gasteiger partial charge is 1.00 e. The standard InChI is InChI=1S/C17H17N3O2S2.Na.H/c1-11-8-12(2)16(13(3)9-11)24(21,22)20-17(23)19-15-6-4-14(10-18)5-7-15;;/h4-9H,1-3H3,(H2,19,20,23);;/q;+1;-1. The van der Waals surface area contributed by atoms with E-state index in [9.17, 15) is 8.42 Å². The van der Waals surface area contributed by atoms with E-state index in [1.807, 2.05) is 25.1 Å². The van der Waals surface area contributed by atoms with Crippen molar-refractivity contribution < 1.29 is 39.4 Å². The van der Waals surface area contributed by atoms with E-state index >= 15 is 0 Å². The normalized spacial score (nSPS) is 10.3. The molecule has 2 aromatic rings. The van der Waals surface area contributed by atoms with Crippen molar-refractivity contribution in [2.24, 2.45) is 0 Å². The molecule has 126 valence electrons. The predicted molar refractivity (Wildman–Crippen MR) is 99.5 cm³/mol. The van der Waals surface area contributed by atoms with Crippen LogP contribution < -0.4 is 39.6 Å². The van der Waals surface area contributed by atoms with Crippen molar-refractivity contribution in [3.8, 4) is 6.07 Å². The van der Waals surface area contributed by atoms with Gasteiger partial charge in [0.15, 0.2) is 5.11 Å². The summed E-state index contributed by atoms with van der Waals surface area (Å²) >= 11 is 5.09. The molecule has 0 aliphatic heterocycles. The molecule has 0 spiro atoms. The van der Waals surface area contributed by atoms with Crippen LogP contribution in [-0.2, 0) is 10.0 Å². The van der Waals surface area contributed by atoms with Gasteiger partial charge in [0.2, 0.25) is 0 Å². The van der Waals surface area contributed by atoms with Crippen molar-refractivity contribution in [2.45, 2.75) is 25.7 Å². The molecule has 0 radical (unpaired) electrons. The molecule has 0 saturated carbocycles. The quantitative estimate of drug-likeness (QED) is 0.588. The van der Waals surface area contributed by atoms with Crippen LogP contribution >= 0.6 is 12.2 Å². The average Bonchev–Trinajstić information content (AvgIpc) is 2.45. The molecule has 2 N–H and O–H groups in total. The van der Waals surface area contributed by atoms with Crippen molar-refractivity contribution in [2.75, 3.05) is 5.32 Å². The molecule has 2 rings (SSSR count). The molecule has 0 aromatic heterocycles. The maximum atomic E-state index is 12.6. The molecule has 8 heteroatoms. The van der Waals surface area contributed by atoms with Gasteiger partial charge in [-0.1, -0.05) is 17.7 Å². The first-order valence-corrected chi connectivity index (χ1v) is 9.04. The van der Waals surface area contributed by atoms with Gasteiger partial charge in [0.1, 0.15) is 0 Å². The fraction of sp³-hybridized carbons (Fsp3) is 0.176. The smallest absolute Gasteiger partial charge is 1.00 e. The van der Waals surface area contributed by atoms with Crippen LogP contribution in [0.15, 0.2) is 41.3 Å². The number of anilines is 1. The monoisotopic (exact) mass is 383 g/mol. The van der Waals surface area contributed by atoms with E-state index in [1.54, 1.807) is 38.1 Å². The minimum absolute atomic E-state index is 0. The van der Waals surface area contributed by atoms with Crippen molar-refractivity contribution in [3.63, 3.8) is 0 Å². The number of benzene rings is 2. The number of rotatable bonds is 3. The second kappa shape index (κ2) is 8.79. The molecule has 0 fully saturated rings. The molecule has 0 atom stereocenters. The van der Waals surface area contributed by atoms with E-state index in [0.29, 0.717) is 22.4 Å². The van der Waals surface area contributed by atoms with Crippen LogP contribution in [0, 0.1) is 32.1 Å².